The van der Waals surface area contributed by atoms with E-state index in [2.05, 4.69) is 14.7 Å². The molecular formula is C18H12F6N4O4. The Labute approximate surface area is 174 Å². The normalized spacial score (nSPS) is 13.1. The highest BCUT2D eigenvalue weighted by Gasteiger charge is 2.38. The summed E-state index contributed by atoms with van der Waals surface area (Å²) in [5, 5.41) is 14.2. The average Bonchev–Trinajstić information content (AvgIpc) is 3.19. The van der Waals surface area contributed by atoms with Crippen molar-refractivity contribution in [3.63, 3.8) is 0 Å². The van der Waals surface area contributed by atoms with Gasteiger partial charge in [0, 0.05) is 17.8 Å². The van der Waals surface area contributed by atoms with E-state index in [-0.39, 0.29) is 11.1 Å². The van der Waals surface area contributed by atoms with Gasteiger partial charge < -0.3 is 19.5 Å². The molecule has 14 heteroatoms. The van der Waals surface area contributed by atoms with Crippen LogP contribution in [-0.4, -0.2) is 25.9 Å². The van der Waals surface area contributed by atoms with E-state index in [4.69, 9.17) is 5.11 Å². The second-order valence-electron chi connectivity index (χ2n) is 6.45. The van der Waals surface area contributed by atoms with Crippen LogP contribution >= 0.6 is 0 Å². The molecule has 0 saturated carbocycles. The highest BCUT2D eigenvalue weighted by atomic mass is 19.4. The Morgan fingerprint density at radius 2 is 1.84 bits per heavy atom. The topological polar surface area (TPSA) is 110 Å². The highest BCUT2D eigenvalue weighted by molar-refractivity contribution is 5.65. The number of pyridine rings is 1. The number of alkyl halides is 6. The van der Waals surface area contributed by atoms with Crippen molar-refractivity contribution in [2.24, 2.45) is 0 Å². The zero-order valence-electron chi connectivity index (χ0n) is 15.6. The molecule has 1 aromatic carbocycles. The zero-order valence-corrected chi connectivity index (χ0v) is 15.6. The lowest BCUT2D eigenvalue weighted by Crippen LogP contribution is -2.33. The summed E-state index contributed by atoms with van der Waals surface area (Å²) in [6.45, 7) is -0.396. The molecule has 0 aliphatic heterocycles. The first-order valence-corrected chi connectivity index (χ1v) is 8.63. The number of halogens is 6. The molecule has 1 atom stereocenters. The SMILES string of the molecule is O=C(O)NC(Cn1ccc(-c2noc(C(F)(F)F)n2)cc1=O)c1cccc(C(F)(F)F)c1. The van der Waals surface area contributed by atoms with Gasteiger partial charge in [-0.25, -0.2) is 4.79 Å². The van der Waals surface area contributed by atoms with Crippen molar-refractivity contribution < 1.29 is 40.8 Å². The Balaban J connectivity index is 1.90. The van der Waals surface area contributed by atoms with Gasteiger partial charge >= 0.3 is 24.3 Å². The number of nitrogens with one attached hydrogen (secondary N) is 1. The van der Waals surface area contributed by atoms with E-state index >= 15 is 0 Å². The van der Waals surface area contributed by atoms with Crippen LogP contribution in [0.5, 0.6) is 0 Å². The lowest BCUT2D eigenvalue weighted by molar-refractivity contribution is -0.159. The van der Waals surface area contributed by atoms with Crippen molar-refractivity contribution in [1.82, 2.24) is 20.0 Å². The second kappa shape index (κ2) is 8.36. The van der Waals surface area contributed by atoms with Crippen LogP contribution in [0.25, 0.3) is 11.4 Å². The fraction of sp³-hybridized carbons (Fsp3) is 0.222. The molecular weight excluding hydrogens is 450 g/mol. The first-order valence-electron chi connectivity index (χ1n) is 8.63. The molecule has 32 heavy (non-hydrogen) atoms. The van der Waals surface area contributed by atoms with Crippen LogP contribution in [-0.2, 0) is 18.9 Å². The highest BCUT2D eigenvalue weighted by Crippen LogP contribution is 2.31. The summed E-state index contributed by atoms with van der Waals surface area (Å²) in [6.07, 6.45) is -9.96. The van der Waals surface area contributed by atoms with E-state index in [0.29, 0.717) is 0 Å². The molecule has 8 nitrogen and oxygen atoms in total. The van der Waals surface area contributed by atoms with Crippen molar-refractivity contribution in [3.05, 3.63) is 70.0 Å². The fourth-order valence-corrected chi connectivity index (χ4v) is 2.77. The second-order valence-corrected chi connectivity index (χ2v) is 6.45. The molecule has 1 unspecified atom stereocenters. The number of benzene rings is 1. The van der Waals surface area contributed by atoms with E-state index in [1.54, 1.807) is 0 Å². The van der Waals surface area contributed by atoms with Crippen LogP contribution in [0.4, 0.5) is 31.1 Å². The average molecular weight is 462 g/mol. The molecule has 1 amide bonds. The molecule has 0 aliphatic rings. The third kappa shape index (κ3) is 5.25. The summed E-state index contributed by atoms with van der Waals surface area (Å²) in [6, 6.07) is 4.73. The molecule has 2 N–H and O–H groups in total. The van der Waals surface area contributed by atoms with Crippen molar-refractivity contribution >= 4 is 6.09 Å². The maximum absolute atomic E-state index is 13.0. The van der Waals surface area contributed by atoms with Crippen LogP contribution in [0.1, 0.15) is 23.1 Å². The summed E-state index contributed by atoms with van der Waals surface area (Å²) in [4.78, 5) is 26.7. The monoisotopic (exact) mass is 462 g/mol. The van der Waals surface area contributed by atoms with Gasteiger partial charge in [-0.1, -0.05) is 17.3 Å². The summed E-state index contributed by atoms with van der Waals surface area (Å²) < 4.78 is 81.8. The number of amides is 1. The van der Waals surface area contributed by atoms with Crippen LogP contribution in [0.15, 0.2) is 51.9 Å². The maximum atomic E-state index is 13.0. The van der Waals surface area contributed by atoms with Crippen molar-refractivity contribution in [1.29, 1.82) is 0 Å². The van der Waals surface area contributed by atoms with Crippen LogP contribution in [0, 0.1) is 0 Å². The number of carbonyl (C=O) groups is 1. The van der Waals surface area contributed by atoms with Gasteiger partial charge in [-0.15, -0.1) is 0 Å². The molecule has 0 fully saturated rings. The predicted octanol–water partition coefficient (Wildman–Crippen LogP) is 3.94. The van der Waals surface area contributed by atoms with Gasteiger partial charge in [-0.2, -0.15) is 31.3 Å². The molecule has 0 radical (unpaired) electrons. The van der Waals surface area contributed by atoms with Gasteiger partial charge in [0.15, 0.2) is 0 Å². The summed E-state index contributed by atoms with van der Waals surface area (Å²) in [5.74, 6) is -2.10. The molecule has 0 bridgehead atoms. The third-order valence-corrected chi connectivity index (χ3v) is 4.22. The molecule has 2 heterocycles. The summed E-state index contributed by atoms with van der Waals surface area (Å²) >= 11 is 0. The first-order chi connectivity index (χ1) is 14.8. The van der Waals surface area contributed by atoms with E-state index < -0.39 is 53.9 Å². The van der Waals surface area contributed by atoms with Gasteiger partial charge in [-0.3, -0.25) is 4.79 Å². The minimum atomic E-state index is -4.87. The molecule has 0 aliphatic carbocycles. The molecule has 0 spiro atoms. The van der Waals surface area contributed by atoms with Gasteiger partial charge in [0.25, 0.3) is 5.56 Å². The zero-order chi connectivity index (χ0) is 23.7. The standard InChI is InChI=1S/C18H12F6N4O4/c19-17(20,21)11-3-1-2-9(6-11)12(25-16(30)31)8-28-5-4-10(7-13(28)29)14-26-15(32-27-14)18(22,23)24/h1-7,12,25H,8H2,(H,30,31). The molecule has 170 valence electrons. The van der Waals surface area contributed by atoms with Crippen LogP contribution < -0.4 is 10.9 Å². The van der Waals surface area contributed by atoms with Crippen molar-refractivity contribution in [2.75, 3.05) is 0 Å². The Morgan fingerprint density at radius 1 is 1.12 bits per heavy atom. The number of rotatable bonds is 5. The third-order valence-electron chi connectivity index (χ3n) is 4.22. The van der Waals surface area contributed by atoms with E-state index in [1.165, 1.54) is 12.1 Å². The molecule has 3 rings (SSSR count). The van der Waals surface area contributed by atoms with E-state index in [1.807, 2.05) is 5.32 Å². The van der Waals surface area contributed by atoms with Crippen molar-refractivity contribution in [2.45, 2.75) is 24.9 Å². The number of hydrogen-bond acceptors (Lipinski definition) is 5. The Kier molecular flexibility index (Phi) is 5.96. The number of aromatic nitrogens is 3. The van der Waals surface area contributed by atoms with E-state index in [9.17, 15) is 35.9 Å². The molecule has 0 saturated heterocycles. The molecule has 2 aromatic heterocycles. The Morgan fingerprint density at radius 3 is 2.41 bits per heavy atom. The lowest BCUT2D eigenvalue weighted by atomic mass is 10.0. The van der Waals surface area contributed by atoms with Crippen LogP contribution in [0.3, 0.4) is 0 Å². The Bertz CT molecular complexity index is 1180. The lowest BCUT2D eigenvalue weighted by Gasteiger charge is -2.20. The molecule has 3 aromatic rings. The van der Waals surface area contributed by atoms with Crippen LogP contribution in [0.2, 0.25) is 0 Å². The largest absolute Gasteiger partial charge is 0.471 e. The minimum Gasteiger partial charge on any atom is -0.465 e. The predicted molar refractivity (Wildman–Crippen MR) is 94.3 cm³/mol. The van der Waals surface area contributed by atoms with Gasteiger partial charge in [0.05, 0.1) is 18.2 Å². The number of hydrogen-bond donors (Lipinski definition) is 2. The quantitative estimate of drug-likeness (QED) is 0.556. The Hall–Kier alpha value is -3.84. The van der Waals surface area contributed by atoms with Gasteiger partial charge in [0.2, 0.25) is 5.82 Å². The first kappa shape index (κ1) is 22.8. The summed E-state index contributed by atoms with van der Waals surface area (Å²) in [5.41, 5.74) is -1.95. The van der Waals surface area contributed by atoms with E-state index in [0.717, 1.165) is 35.0 Å². The smallest absolute Gasteiger partial charge is 0.465 e. The van der Waals surface area contributed by atoms with Gasteiger partial charge in [0.1, 0.15) is 0 Å². The van der Waals surface area contributed by atoms with Crippen molar-refractivity contribution in [3.8, 4) is 11.4 Å². The van der Waals surface area contributed by atoms with Gasteiger partial charge in [-0.05, 0) is 23.8 Å². The number of carboxylic acid groups (broad SMARTS) is 1. The summed E-state index contributed by atoms with van der Waals surface area (Å²) in [7, 11) is 0. The minimum absolute atomic E-state index is 0.0498. The maximum Gasteiger partial charge on any atom is 0.471 e. The fourth-order valence-electron chi connectivity index (χ4n) is 2.77. The number of nitrogens with zero attached hydrogens (tertiary/aromatic N) is 3.